The summed E-state index contributed by atoms with van der Waals surface area (Å²) in [6.45, 7) is 3.69. The van der Waals surface area contributed by atoms with E-state index in [1.165, 1.54) is 11.8 Å². The van der Waals surface area contributed by atoms with E-state index < -0.39 is 10.1 Å². The van der Waals surface area contributed by atoms with E-state index in [1.807, 2.05) is 31.2 Å². The van der Waals surface area contributed by atoms with Gasteiger partial charge in [-0.1, -0.05) is 48.1 Å². The quantitative estimate of drug-likeness (QED) is 0.600. The highest BCUT2D eigenvalue weighted by molar-refractivity contribution is 8.18. The van der Waals surface area contributed by atoms with E-state index in [9.17, 15) is 13.7 Å². The molecule has 1 aliphatic heterocycles. The van der Waals surface area contributed by atoms with Crippen LogP contribution in [0.5, 0.6) is 0 Å². The maximum atomic E-state index is 11.5. The van der Waals surface area contributed by atoms with Gasteiger partial charge in [0, 0.05) is 4.91 Å². The molecule has 0 aromatic heterocycles. The highest BCUT2D eigenvalue weighted by Gasteiger charge is 2.18. The molecule has 0 saturated heterocycles. The number of hydrogen-bond donors (Lipinski definition) is 0. The summed E-state index contributed by atoms with van der Waals surface area (Å²) in [5.74, 6) is -0.0759. The first-order valence-electron chi connectivity index (χ1n) is 7.02. The molecular weight excluding hydrogens is 332 g/mol. The van der Waals surface area contributed by atoms with E-state index in [1.54, 1.807) is 19.1 Å². The maximum absolute atomic E-state index is 11.5. The van der Waals surface area contributed by atoms with Gasteiger partial charge in [0.2, 0.25) is 0 Å². The molecule has 0 N–H and O–H groups in total. The van der Waals surface area contributed by atoms with Crippen LogP contribution in [0.25, 0.3) is 5.57 Å². The second-order valence-corrected chi connectivity index (χ2v) is 7.60. The topological polar surface area (TPSA) is 79.5 Å². The zero-order valence-corrected chi connectivity index (χ0v) is 14.4. The van der Waals surface area contributed by atoms with Crippen LogP contribution in [0, 0.1) is 18.3 Å². The largest absolute Gasteiger partial charge is 0.328 e. The number of nitriles is 1. The van der Waals surface area contributed by atoms with Crippen LogP contribution >= 0.6 is 11.8 Å². The molecule has 2 rings (SSSR count). The Hall–Kier alpha value is -2.04. The van der Waals surface area contributed by atoms with E-state index >= 15 is 0 Å². The van der Waals surface area contributed by atoms with Crippen molar-refractivity contribution in [2.24, 2.45) is 5.16 Å². The third-order valence-electron chi connectivity index (χ3n) is 3.06. The van der Waals surface area contributed by atoms with Crippen LogP contribution in [0.1, 0.15) is 24.5 Å². The minimum absolute atomic E-state index is 0.0759. The number of nitrogens with zero attached hydrogens (tertiary/aromatic N) is 2. The van der Waals surface area contributed by atoms with Crippen molar-refractivity contribution in [1.29, 1.82) is 5.26 Å². The van der Waals surface area contributed by atoms with Crippen molar-refractivity contribution in [3.63, 3.8) is 0 Å². The molecule has 120 valence electrons. The summed E-state index contributed by atoms with van der Waals surface area (Å²) in [5.41, 5.74) is 2.38. The van der Waals surface area contributed by atoms with Gasteiger partial charge in [0.05, 0.1) is 11.3 Å². The van der Waals surface area contributed by atoms with Crippen LogP contribution in [0.3, 0.4) is 0 Å². The summed E-state index contributed by atoms with van der Waals surface area (Å²) in [6.07, 6.45) is 3.84. The zero-order valence-electron chi connectivity index (χ0n) is 12.8. The maximum Gasteiger partial charge on any atom is 0.328 e. The van der Waals surface area contributed by atoms with Crippen LogP contribution in [0.2, 0.25) is 0 Å². The van der Waals surface area contributed by atoms with Gasteiger partial charge < -0.3 is 0 Å². The lowest BCUT2D eigenvalue weighted by molar-refractivity contribution is 0.340. The van der Waals surface area contributed by atoms with Gasteiger partial charge in [0.25, 0.3) is 0 Å². The normalized spacial score (nSPS) is 18.0. The van der Waals surface area contributed by atoms with Crippen molar-refractivity contribution in [2.45, 2.75) is 20.3 Å². The van der Waals surface area contributed by atoms with Crippen molar-refractivity contribution in [2.75, 3.05) is 5.75 Å². The summed E-state index contributed by atoms with van der Waals surface area (Å²) in [6, 6.07) is 9.81. The number of hydrogen-bond acceptors (Lipinski definition) is 6. The van der Waals surface area contributed by atoms with Crippen molar-refractivity contribution in [3.8, 4) is 6.07 Å². The highest BCUT2D eigenvalue weighted by Crippen LogP contribution is 2.34. The predicted molar refractivity (Wildman–Crippen MR) is 93.0 cm³/mol. The van der Waals surface area contributed by atoms with Crippen molar-refractivity contribution < 1.29 is 12.7 Å². The minimum Gasteiger partial charge on any atom is -0.267 e. The summed E-state index contributed by atoms with van der Waals surface area (Å²) >= 11 is 1.21. The number of oxime groups is 1. The summed E-state index contributed by atoms with van der Waals surface area (Å²) in [5, 5.41) is 13.5. The van der Waals surface area contributed by atoms with E-state index in [0.717, 1.165) is 16.0 Å². The molecule has 5 nitrogen and oxygen atoms in total. The molecule has 23 heavy (non-hydrogen) atoms. The lowest BCUT2D eigenvalue weighted by Crippen LogP contribution is -2.06. The summed E-state index contributed by atoms with van der Waals surface area (Å²) < 4.78 is 27.6. The third-order valence-corrected chi connectivity index (χ3v) is 5.25. The third kappa shape index (κ3) is 4.47. The van der Waals surface area contributed by atoms with Gasteiger partial charge in [0.15, 0.2) is 0 Å². The first-order valence-corrected chi connectivity index (χ1v) is 9.42. The molecule has 0 spiro atoms. The number of rotatable bonds is 5. The Morgan fingerprint density at radius 1 is 1.35 bits per heavy atom. The Bertz CT molecular complexity index is 831. The second kappa shape index (κ2) is 7.49. The van der Waals surface area contributed by atoms with E-state index in [4.69, 9.17) is 0 Å². The average molecular weight is 348 g/mol. The number of allylic oxidation sites excluding steroid dienone is 2. The van der Waals surface area contributed by atoms with Crippen LogP contribution in [-0.2, 0) is 14.4 Å². The standard InChI is InChI=1S/C16H16N2O3S2/c1-3-10-23(19,20)21-18-16-9-8-15(22-16)14(11-17)13-7-5-4-6-12(13)2/h4-9H,3,10H2,1-2H3/b15-14-,18-16+. The fraction of sp³-hybridized carbons (Fsp3) is 0.250. The van der Waals surface area contributed by atoms with E-state index in [-0.39, 0.29) is 5.75 Å². The monoisotopic (exact) mass is 348 g/mol. The fourth-order valence-corrected chi connectivity index (χ4v) is 3.64. The second-order valence-electron chi connectivity index (χ2n) is 4.87. The minimum atomic E-state index is -3.64. The lowest BCUT2D eigenvalue weighted by atomic mass is 10.0. The molecule has 0 saturated carbocycles. The Morgan fingerprint density at radius 3 is 2.74 bits per heavy atom. The Morgan fingerprint density at radius 2 is 2.09 bits per heavy atom. The van der Waals surface area contributed by atoms with Crippen LogP contribution < -0.4 is 0 Å². The lowest BCUT2D eigenvalue weighted by Gasteiger charge is -2.05. The first-order chi connectivity index (χ1) is 11.0. The molecule has 0 radical (unpaired) electrons. The van der Waals surface area contributed by atoms with E-state index in [2.05, 4.69) is 15.5 Å². The predicted octanol–water partition coefficient (Wildman–Crippen LogP) is 3.60. The van der Waals surface area contributed by atoms with Gasteiger partial charge in [-0.25, -0.2) is 0 Å². The number of benzene rings is 1. The molecule has 1 aromatic rings. The van der Waals surface area contributed by atoms with Crippen LogP contribution in [0.4, 0.5) is 0 Å². The zero-order chi connectivity index (χ0) is 16.9. The Kier molecular flexibility index (Phi) is 5.64. The molecule has 0 bridgehead atoms. The Balaban J connectivity index is 2.23. The molecular formula is C16H16N2O3S2. The van der Waals surface area contributed by atoms with Gasteiger partial charge in [-0.05, 0) is 36.6 Å². The number of thioether (sulfide) groups is 1. The molecule has 0 amide bonds. The van der Waals surface area contributed by atoms with Gasteiger partial charge in [-0.3, -0.25) is 4.28 Å². The first kappa shape index (κ1) is 17.3. The molecule has 0 unspecified atom stereocenters. The SMILES string of the molecule is CCCS(=O)(=O)O/N=C1C=C/C(=C(\C#N)c2ccccc2C)S\1. The van der Waals surface area contributed by atoms with Crippen molar-refractivity contribution in [1.82, 2.24) is 0 Å². The van der Waals surface area contributed by atoms with Crippen LogP contribution in [0.15, 0.2) is 46.5 Å². The van der Waals surface area contributed by atoms with Gasteiger partial charge in [0.1, 0.15) is 11.1 Å². The average Bonchev–Trinajstić information content (AvgIpc) is 2.97. The van der Waals surface area contributed by atoms with Gasteiger partial charge >= 0.3 is 10.1 Å². The van der Waals surface area contributed by atoms with Gasteiger partial charge in [-0.2, -0.15) is 13.7 Å². The van der Waals surface area contributed by atoms with Crippen molar-refractivity contribution >= 4 is 32.5 Å². The fourth-order valence-electron chi connectivity index (χ4n) is 1.99. The van der Waals surface area contributed by atoms with Crippen molar-refractivity contribution in [3.05, 3.63) is 52.4 Å². The molecule has 1 heterocycles. The summed E-state index contributed by atoms with van der Waals surface area (Å²) in [7, 11) is -3.64. The molecule has 1 aliphatic rings. The van der Waals surface area contributed by atoms with Gasteiger partial charge in [-0.15, -0.1) is 0 Å². The highest BCUT2D eigenvalue weighted by atomic mass is 32.2. The molecule has 7 heteroatoms. The smallest absolute Gasteiger partial charge is 0.267 e. The Labute approximate surface area is 140 Å². The molecule has 0 fully saturated rings. The molecule has 0 aliphatic carbocycles. The molecule has 1 aromatic carbocycles. The number of aryl methyl sites for hydroxylation is 1. The summed E-state index contributed by atoms with van der Waals surface area (Å²) in [4.78, 5) is 0.719. The molecule has 0 atom stereocenters. The van der Waals surface area contributed by atoms with E-state index in [0.29, 0.717) is 17.0 Å². The van der Waals surface area contributed by atoms with Crippen LogP contribution in [-0.4, -0.2) is 19.2 Å².